The quantitative estimate of drug-likeness (QED) is 0.871. The molecule has 1 aromatic rings. The third-order valence-corrected chi connectivity index (χ3v) is 3.68. The first-order chi connectivity index (χ1) is 10.1. The van der Waals surface area contributed by atoms with Gasteiger partial charge in [0.2, 0.25) is 5.91 Å². The molecule has 5 nitrogen and oxygen atoms in total. The van der Waals surface area contributed by atoms with E-state index in [1.165, 1.54) is 0 Å². The first-order valence-electron chi connectivity index (χ1n) is 7.44. The highest BCUT2D eigenvalue weighted by atomic mass is 35.5. The van der Waals surface area contributed by atoms with Crippen LogP contribution in [-0.4, -0.2) is 31.8 Å². The number of carbonyl (C=O) groups excluding carboxylic acids is 1. The smallest absolute Gasteiger partial charge is 0.241 e. The number of rotatable bonds is 5. The van der Waals surface area contributed by atoms with Crippen LogP contribution in [0.25, 0.3) is 0 Å². The van der Waals surface area contributed by atoms with Crippen LogP contribution in [0.3, 0.4) is 0 Å². The van der Waals surface area contributed by atoms with Crippen molar-refractivity contribution in [2.24, 2.45) is 11.7 Å². The summed E-state index contributed by atoms with van der Waals surface area (Å²) in [4.78, 5) is 11.6. The zero-order valence-corrected chi connectivity index (χ0v) is 13.9. The molecule has 1 amide bonds. The molecule has 0 bridgehead atoms. The summed E-state index contributed by atoms with van der Waals surface area (Å²) in [6, 6.07) is 5.13. The SMILES string of the molecule is Cc1ccc(NC(=O)[C@H](C)N)cc1OCC1CCOCC1.Cl. The standard InChI is InChI=1S/C16H24N2O3.ClH/c1-11-3-4-14(18-16(19)12(2)17)9-15(11)21-10-13-5-7-20-8-6-13;/h3-4,9,12-13H,5-8,10,17H2,1-2H3,(H,18,19);1H/t12-;/m0./s1. The molecule has 0 radical (unpaired) electrons. The fourth-order valence-corrected chi connectivity index (χ4v) is 2.21. The van der Waals surface area contributed by atoms with Crippen molar-refractivity contribution in [2.45, 2.75) is 32.7 Å². The third-order valence-electron chi connectivity index (χ3n) is 3.68. The van der Waals surface area contributed by atoms with Crippen LogP contribution in [0, 0.1) is 12.8 Å². The minimum atomic E-state index is -0.530. The normalized spacial score (nSPS) is 16.5. The molecule has 0 saturated carbocycles. The fraction of sp³-hybridized carbons (Fsp3) is 0.562. The van der Waals surface area contributed by atoms with Crippen LogP contribution in [0.4, 0.5) is 5.69 Å². The number of carbonyl (C=O) groups is 1. The molecule has 3 N–H and O–H groups in total. The largest absolute Gasteiger partial charge is 0.493 e. The average Bonchev–Trinajstić information content (AvgIpc) is 2.48. The minimum Gasteiger partial charge on any atom is -0.493 e. The number of halogens is 1. The van der Waals surface area contributed by atoms with Crippen LogP contribution in [0.5, 0.6) is 5.75 Å². The molecule has 1 aliphatic heterocycles. The van der Waals surface area contributed by atoms with E-state index in [-0.39, 0.29) is 18.3 Å². The van der Waals surface area contributed by atoms with Gasteiger partial charge in [-0.1, -0.05) is 6.07 Å². The Hall–Kier alpha value is -1.30. The van der Waals surface area contributed by atoms with E-state index in [0.29, 0.717) is 18.2 Å². The number of amides is 1. The van der Waals surface area contributed by atoms with Crippen LogP contribution in [0.15, 0.2) is 18.2 Å². The van der Waals surface area contributed by atoms with E-state index in [9.17, 15) is 4.79 Å². The van der Waals surface area contributed by atoms with E-state index in [0.717, 1.165) is 37.4 Å². The lowest BCUT2D eigenvalue weighted by molar-refractivity contribution is -0.117. The summed E-state index contributed by atoms with van der Waals surface area (Å²) in [5, 5.41) is 2.78. The number of nitrogens with two attached hydrogens (primary N) is 1. The maximum absolute atomic E-state index is 11.6. The van der Waals surface area contributed by atoms with Crippen molar-refractivity contribution < 1.29 is 14.3 Å². The average molecular weight is 329 g/mol. The van der Waals surface area contributed by atoms with E-state index >= 15 is 0 Å². The van der Waals surface area contributed by atoms with Crippen molar-refractivity contribution in [3.63, 3.8) is 0 Å². The van der Waals surface area contributed by atoms with Gasteiger partial charge in [-0.25, -0.2) is 0 Å². The van der Waals surface area contributed by atoms with Gasteiger partial charge < -0.3 is 20.5 Å². The van der Waals surface area contributed by atoms with Gasteiger partial charge >= 0.3 is 0 Å². The molecule has 124 valence electrons. The Morgan fingerprint density at radius 3 is 2.77 bits per heavy atom. The van der Waals surface area contributed by atoms with Crippen LogP contribution in [-0.2, 0) is 9.53 Å². The maximum atomic E-state index is 11.6. The van der Waals surface area contributed by atoms with E-state index in [4.69, 9.17) is 15.2 Å². The molecule has 0 aliphatic carbocycles. The van der Waals surface area contributed by atoms with Crippen molar-refractivity contribution >= 4 is 24.0 Å². The molecule has 22 heavy (non-hydrogen) atoms. The van der Waals surface area contributed by atoms with Crippen molar-refractivity contribution in [3.8, 4) is 5.75 Å². The van der Waals surface area contributed by atoms with Gasteiger partial charge in [0.25, 0.3) is 0 Å². The summed E-state index contributed by atoms with van der Waals surface area (Å²) in [5.41, 5.74) is 7.32. The van der Waals surface area contributed by atoms with Gasteiger partial charge in [0.05, 0.1) is 12.6 Å². The monoisotopic (exact) mass is 328 g/mol. The highest BCUT2D eigenvalue weighted by molar-refractivity contribution is 5.94. The molecule has 1 heterocycles. The minimum absolute atomic E-state index is 0. The number of ether oxygens (including phenoxy) is 2. The Kier molecular flexibility index (Phi) is 7.65. The van der Waals surface area contributed by atoms with Gasteiger partial charge in [-0.2, -0.15) is 0 Å². The second kappa shape index (κ2) is 8.98. The number of hydrogen-bond acceptors (Lipinski definition) is 4. The summed E-state index contributed by atoms with van der Waals surface area (Å²) >= 11 is 0. The third kappa shape index (κ3) is 5.48. The maximum Gasteiger partial charge on any atom is 0.241 e. The van der Waals surface area contributed by atoms with Crippen molar-refractivity contribution in [1.29, 1.82) is 0 Å². The highest BCUT2D eigenvalue weighted by Crippen LogP contribution is 2.24. The Labute approximate surface area is 138 Å². The summed E-state index contributed by atoms with van der Waals surface area (Å²) in [6.07, 6.45) is 2.08. The molecule has 1 atom stereocenters. The van der Waals surface area contributed by atoms with Gasteiger partial charge in [0, 0.05) is 25.0 Å². The van der Waals surface area contributed by atoms with Gasteiger partial charge in [0.15, 0.2) is 0 Å². The lowest BCUT2D eigenvalue weighted by Crippen LogP contribution is -2.32. The molecule has 6 heteroatoms. The Bertz CT molecular complexity index is 488. The molecular formula is C16H25ClN2O3. The summed E-state index contributed by atoms with van der Waals surface area (Å²) in [7, 11) is 0. The second-order valence-electron chi connectivity index (χ2n) is 5.62. The summed E-state index contributed by atoms with van der Waals surface area (Å²) < 4.78 is 11.3. The van der Waals surface area contributed by atoms with Crippen LogP contribution < -0.4 is 15.8 Å². The van der Waals surface area contributed by atoms with E-state index in [1.54, 1.807) is 6.92 Å². The summed E-state index contributed by atoms with van der Waals surface area (Å²) in [5.74, 6) is 1.15. The van der Waals surface area contributed by atoms with Crippen LogP contribution >= 0.6 is 12.4 Å². The Morgan fingerprint density at radius 1 is 1.45 bits per heavy atom. The first-order valence-corrected chi connectivity index (χ1v) is 7.44. The summed E-state index contributed by atoms with van der Waals surface area (Å²) in [6.45, 7) is 5.98. The number of hydrogen-bond donors (Lipinski definition) is 2. The lowest BCUT2D eigenvalue weighted by atomic mass is 10.0. The second-order valence-corrected chi connectivity index (χ2v) is 5.62. The number of anilines is 1. The van der Waals surface area contributed by atoms with Gasteiger partial charge in [0.1, 0.15) is 5.75 Å². The Morgan fingerprint density at radius 2 is 2.14 bits per heavy atom. The van der Waals surface area contributed by atoms with E-state index < -0.39 is 6.04 Å². The predicted molar refractivity (Wildman–Crippen MR) is 89.7 cm³/mol. The molecule has 1 saturated heterocycles. The molecule has 2 rings (SSSR count). The van der Waals surface area contributed by atoms with Gasteiger partial charge in [-0.3, -0.25) is 4.79 Å². The van der Waals surface area contributed by atoms with Crippen LogP contribution in [0.1, 0.15) is 25.3 Å². The zero-order chi connectivity index (χ0) is 15.2. The molecule has 1 aliphatic rings. The molecule has 1 fully saturated rings. The number of benzene rings is 1. The molecule has 0 spiro atoms. The number of nitrogens with one attached hydrogen (secondary N) is 1. The molecule has 1 aromatic carbocycles. The zero-order valence-electron chi connectivity index (χ0n) is 13.1. The highest BCUT2D eigenvalue weighted by Gasteiger charge is 2.15. The fourth-order valence-electron chi connectivity index (χ4n) is 2.21. The molecular weight excluding hydrogens is 304 g/mol. The Balaban J connectivity index is 0.00000242. The van der Waals surface area contributed by atoms with E-state index in [1.807, 2.05) is 25.1 Å². The predicted octanol–water partition coefficient (Wildman–Crippen LogP) is 2.51. The molecule has 0 aromatic heterocycles. The van der Waals surface area contributed by atoms with E-state index in [2.05, 4.69) is 5.32 Å². The first kappa shape index (κ1) is 18.7. The van der Waals surface area contributed by atoms with Crippen molar-refractivity contribution in [2.75, 3.05) is 25.1 Å². The van der Waals surface area contributed by atoms with Gasteiger partial charge in [-0.05, 0) is 44.2 Å². The van der Waals surface area contributed by atoms with Crippen molar-refractivity contribution in [1.82, 2.24) is 0 Å². The lowest BCUT2D eigenvalue weighted by Gasteiger charge is -2.22. The molecule has 0 unspecified atom stereocenters. The van der Waals surface area contributed by atoms with Gasteiger partial charge in [-0.15, -0.1) is 12.4 Å². The van der Waals surface area contributed by atoms with Crippen molar-refractivity contribution in [3.05, 3.63) is 23.8 Å². The van der Waals surface area contributed by atoms with Crippen LogP contribution in [0.2, 0.25) is 0 Å². The number of aryl methyl sites for hydroxylation is 1. The topological polar surface area (TPSA) is 73.6 Å².